The maximum Gasteiger partial charge on any atom is 0.280 e. The number of nitrogens with zero attached hydrogens (tertiary/aromatic N) is 1. The Bertz CT molecular complexity index is 426. The number of aromatic nitrogens is 1. The van der Waals surface area contributed by atoms with Gasteiger partial charge in [-0.15, -0.1) is 0 Å². The highest BCUT2D eigenvalue weighted by atomic mass is 19.3. The third-order valence-corrected chi connectivity index (χ3v) is 1.84. The van der Waals surface area contributed by atoms with Crippen LogP contribution in [-0.4, -0.2) is 4.98 Å². The lowest BCUT2D eigenvalue weighted by molar-refractivity contribution is 0.146. The molecule has 0 fully saturated rings. The molecule has 0 N–H and O–H groups in total. The van der Waals surface area contributed by atoms with Gasteiger partial charge >= 0.3 is 0 Å². The van der Waals surface area contributed by atoms with E-state index in [1.54, 1.807) is 18.2 Å². The van der Waals surface area contributed by atoms with Gasteiger partial charge in [-0.05, 0) is 12.1 Å². The number of halogens is 2. The van der Waals surface area contributed by atoms with Crippen LogP contribution in [0.1, 0.15) is 12.1 Å². The Balaban J connectivity index is 2.62. The average molecular weight is 179 g/mol. The van der Waals surface area contributed by atoms with Gasteiger partial charge in [0.2, 0.25) is 0 Å². The van der Waals surface area contributed by atoms with Crippen molar-refractivity contribution >= 4 is 10.9 Å². The van der Waals surface area contributed by atoms with E-state index < -0.39 is 6.43 Å². The quantitative estimate of drug-likeness (QED) is 0.655. The molecule has 2 rings (SSSR count). The molecule has 0 unspecified atom stereocenters. The smallest absolute Gasteiger partial charge is 0.247 e. The van der Waals surface area contributed by atoms with E-state index in [4.69, 9.17) is 0 Å². The monoisotopic (exact) mass is 179 g/mol. The summed E-state index contributed by atoms with van der Waals surface area (Å²) in [5.41, 5.74) is 0.444. The van der Waals surface area contributed by atoms with Gasteiger partial charge < -0.3 is 0 Å². The first-order chi connectivity index (χ1) is 6.27. The molecule has 1 aromatic heterocycles. The van der Waals surface area contributed by atoms with Crippen LogP contribution in [0.25, 0.3) is 10.9 Å². The fraction of sp³-hybridized carbons (Fsp3) is 0.100. The van der Waals surface area contributed by atoms with Gasteiger partial charge in [-0.2, -0.15) is 0 Å². The van der Waals surface area contributed by atoms with Crippen molar-refractivity contribution in [3.63, 3.8) is 0 Å². The van der Waals surface area contributed by atoms with Crippen LogP contribution < -0.4 is 0 Å². The second-order valence-corrected chi connectivity index (χ2v) is 2.73. The number of hydrogen-bond donors (Lipinski definition) is 0. The van der Waals surface area contributed by atoms with Crippen molar-refractivity contribution in [1.29, 1.82) is 0 Å². The van der Waals surface area contributed by atoms with Gasteiger partial charge in [0.15, 0.2) is 0 Å². The molecule has 1 aromatic carbocycles. The minimum atomic E-state index is -2.50. The average Bonchev–Trinajstić information content (AvgIpc) is 2.17. The first-order valence-electron chi connectivity index (χ1n) is 3.91. The number of para-hydroxylation sites is 1. The molecule has 0 radical (unpaired) electrons. The lowest BCUT2D eigenvalue weighted by Gasteiger charge is -2.00. The van der Waals surface area contributed by atoms with Crippen LogP contribution in [0, 0.1) is 0 Å². The molecule has 0 aliphatic heterocycles. The Morgan fingerprint density at radius 1 is 1.00 bits per heavy atom. The van der Waals surface area contributed by atoms with E-state index in [0.717, 1.165) is 5.39 Å². The SMILES string of the molecule is FC(F)c1ccc2ccccc2n1. The molecular weight excluding hydrogens is 172 g/mol. The van der Waals surface area contributed by atoms with E-state index in [1.165, 1.54) is 6.07 Å². The Hall–Kier alpha value is -1.51. The topological polar surface area (TPSA) is 12.9 Å². The molecule has 0 saturated carbocycles. The van der Waals surface area contributed by atoms with Gasteiger partial charge in [0.1, 0.15) is 5.69 Å². The predicted octanol–water partition coefficient (Wildman–Crippen LogP) is 3.17. The second kappa shape index (κ2) is 3.09. The second-order valence-electron chi connectivity index (χ2n) is 2.73. The van der Waals surface area contributed by atoms with Gasteiger partial charge in [0.05, 0.1) is 5.52 Å². The van der Waals surface area contributed by atoms with Crippen LogP contribution in [0.15, 0.2) is 36.4 Å². The minimum Gasteiger partial charge on any atom is -0.247 e. The molecule has 0 amide bonds. The van der Waals surface area contributed by atoms with Crippen LogP contribution in [0.2, 0.25) is 0 Å². The maximum atomic E-state index is 12.2. The fourth-order valence-electron chi connectivity index (χ4n) is 1.20. The van der Waals surface area contributed by atoms with Crippen molar-refractivity contribution < 1.29 is 8.78 Å². The van der Waals surface area contributed by atoms with Crippen molar-refractivity contribution in [3.05, 3.63) is 42.1 Å². The number of rotatable bonds is 1. The molecule has 1 heterocycles. The van der Waals surface area contributed by atoms with Crippen molar-refractivity contribution in [2.75, 3.05) is 0 Å². The molecule has 0 atom stereocenters. The summed E-state index contributed by atoms with van der Waals surface area (Å²) in [6.45, 7) is 0. The number of benzene rings is 1. The summed E-state index contributed by atoms with van der Waals surface area (Å²) in [7, 11) is 0. The van der Waals surface area contributed by atoms with Crippen molar-refractivity contribution in [2.45, 2.75) is 6.43 Å². The summed E-state index contributed by atoms with van der Waals surface area (Å²) in [4.78, 5) is 3.82. The standard InChI is InChI=1S/C10H7F2N/c11-10(12)9-6-5-7-3-1-2-4-8(7)13-9/h1-6,10H. The van der Waals surface area contributed by atoms with E-state index in [-0.39, 0.29) is 5.69 Å². The van der Waals surface area contributed by atoms with Gasteiger partial charge in [-0.3, -0.25) is 0 Å². The summed E-state index contributed by atoms with van der Waals surface area (Å²) in [5, 5.41) is 0.881. The molecule has 0 aliphatic carbocycles. The lowest BCUT2D eigenvalue weighted by Crippen LogP contribution is -1.89. The molecule has 0 spiro atoms. The lowest BCUT2D eigenvalue weighted by atomic mass is 10.2. The summed E-state index contributed by atoms with van der Waals surface area (Å²) >= 11 is 0. The number of hydrogen-bond acceptors (Lipinski definition) is 1. The molecule has 13 heavy (non-hydrogen) atoms. The van der Waals surface area contributed by atoms with Crippen LogP contribution >= 0.6 is 0 Å². The zero-order valence-electron chi connectivity index (χ0n) is 6.74. The maximum absolute atomic E-state index is 12.2. The third kappa shape index (κ3) is 1.49. The number of pyridine rings is 1. The number of alkyl halides is 2. The summed E-state index contributed by atoms with van der Waals surface area (Å²) in [5.74, 6) is 0. The van der Waals surface area contributed by atoms with Crippen molar-refractivity contribution in [1.82, 2.24) is 4.98 Å². The first kappa shape index (κ1) is 8.10. The Morgan fingerprint density at radius 2 is 1.77 bits per heavy atom. The summed E-state index contributed by atoms with van der Waals surface area (Å²) in [6, 6.07) is 10.2. The molecule has 66 valence electrons. The Labute approximate surface area is 74.0 Å². The van der Waals surface area contributed by atoms with Crippen LogP contribution in [0.3, 0.4) is 0 Å². The molecule has 0 bridgehead atoms. The number of fused-ring (bicyclic) bond motifs is 1. The predicted molar refractivity (Wildman–Crippen MR) is 46.7 cm³/mol. The molecular formula is C10H7F2N. The molecule has 3 heteroatoms. The van der Waals surface area contributed by atoms with E-state index in [0.29, 0.717) is 5.52 Å². The normalized spacial score (nSPS) is 11.0. The largest absolute Gasteiger partial charge is 0.280 e. The molecule has 2 aromatic rings. The minimum absolute atomic E-state index is 0.168. The third-order valence-electron chi connectivity index (χ3n) is 1.84. The van der Waals surface area contributed by atoms with Crippen molar-refractivity contribution in [3.8, 4) is 0 Å². The molecule has 0 aliphatic rings. The van der Waals surface area contributed by atoms with Gasteiger partial charge in [-0.1, -0.05) is 24.3 Å². The van der Waals surface area contributed by atoms with E-state index in [1.807, 2.05) is 12.1 Å². The zero-order valence-corrected chi connectivity index (χ0v) is 6.74. The van der Waals surface area contributed by atoms with Crippen LogP contribution in [0.5, 0.6) is 0 Å². The van der Waals surface area contributed by atoms with Gasteiger partial charge in [0, 0.05) is 5.39 Å². The van der Waals surface area contributed by atoms with E-state index in [2.05, 4.69) is 4.98 Å². The first-order valence-corrected chi connectivity index (χ1v) is 3.91. The Kier molecular flexibility index (Phi) is 1.93. The zero-order chi connectivity index (χ0) is 9.26. The summed E-state index contributed by atoms with van der Waals surface area (Å²) in [6.07, 6.45) is -2.50. The van der Waals surface area contributed by atoms with Crippen LogP contribution in [-0.2, 0) is 0 Å². The van der Waals surface area contributed by atoms with Gasteiger partial charge in [0.25, 0.3) is 6.43 Å². The highest BCUT2D eigenvalue weighted by Gasteiger charge is 2.08. The van der Waals surface area contributed by atoms with Crippen molar-refractivity contribution in [2.24, 2.45) is 0 Å². The Morgan fingerprint density at radius 3 is 2.54 bits per heavy atom. The van der Waals surface area contributed by atoms with Gasteiger partial charge in [-0.25, -0.2) is 13.8 Å². The fourth-order valence-corrected chi connectivity index (χ4v) is 1.20. The molecule has 0 saturated heterocycles. The van der Waals surface area contributed by atoms with E-state index in [9.17, 15) is 8.78 Å². The highest BCUT2D eigenvalue weighted by Crippen LogP contribution is 2.19. The summed E-state index contributed by atoms with van der Waals surface area (Å²) < 4.78 is 24.5. The highest BCUT2D eigenvalue weighted by molar-refractivity contribution is 5.78. The van der Waals surface area contributed by atoms with Crippen LogP contribution in [0.4, 0.5) is 8.78 Å². The molecule has 1 nitrogen and oxygen atoms in total. The van der Waals surface area contributed by atoms with E-state index >= 15 is 0 Å².